The topological polar surface area (TPSA) is 146 Å². The SMILES string of the molecule is COCc1cc(=O)c([O][In]([O]c2coc(COC)cc2=O)[O]c2coc(COC)cc2=O)co1. The van der Waals surface area contributed by atoms with Crippen molar-refractivity contribution in [2.75, 3.05) is 21.3 Å². The van der Waals surface area contributed by atoms with Crippen molar-refractivity contribution in [3.05, 3.63) is 84.9 Å². The Morgan fingerprint density at radius 2 is 0.882 bits per heavy atom. The molecule has 3 rings (SSSR count). The van der Waals surface area contributed by atoms with Crippen LogP contribution in [0.3, 0.4) is 0 Å². The fourth-order valence-electron chi connectivity index (χ4n) is 2.61. The number of methoxy groups -OCH3 is 3. The summed E-state index contributed by atoms with van der Waals surface area (Å²) in [5.74, 6) is 0.163. The van der Waals surface area contributed by atoms with Gasteiger partial charge in [-0.15, -0.1) is 0 Å². The molecule has 3 heterocycles. The predicted molar refractivity (Wildman–Crippen MR) is 115 cm³/mol. The van der Waals surface area contributed by atoms with E-state index in [4.69, 9.17) is 36.0 Å². The van der Waals surface area contributed by atoms with Crippen LogP contribution in [0.2, 0.25) is 0 Å². The molecule has 0 amide bonds. The maximum atomic E-state index is 12.4. The summed E-state index contributed by atoms with van der Waals surface area (Å²) in [5, 5.41) is 0. The van der Waals surface area contributed by atoms with E-state index < -0.39 is 39.0 Å². The molecule has 12 nitrogen and oxygen atoms in total. The van der Waals surface area contributed by atoms with E-state index in [1.54, 1.807) is 0 Å². The zero-order valence-electron chi connectivity index (χ0n) is 18.6. The molecule has 0 aliphatic rings. The van der Waals surface area contributed by atoms with Crippen molar-refractivity contribution >= 4 is 22.7 Å². The molecule has 0 aliphatic carbocycles. The first-order valence-electron chi connectivity index (χ1n) is 9.75. The number of rotatable bonds is 12. The van der Waals surface area contributed by atoms with Crippen LogP contribution in [0.15, 0.2) is 64.6 Å². The second-order valence-corrected chi connectivity index (χ2v) is 10.3. The van der Waals surface area contributed by atoms with Crippen molar-refractivity contribution in [3.63, 3.8) is 0 Å². The summed E-state index contributed by atoms with van der Waals surface area (Å²) >= 11 is -4.33. The van der Waals surface area contributed by atoms with Crippen LogP contribution in [0.1, 0.15) is 17.3 Å². The van der Waals surface area contributed by atoms with Gasteiger partial charge in [0.05, 0.1) is 0 Å². The van der Waals surface area contributed by atoms with E-state index in [1.165, 1.54) is 39.5 Å². The van der Waals surface area contributed by atoms with Gasteiger partial charge in [0.1, 0.15) is 0 Å². The molecule has 0 aromatic carbocycles. The van der Waals surface area contributed by atoms with Gasteiger partial charge in [0.2, 0.25) is 0 Å². The second-order valence-electron chi connectivity index (χ2n) is 6.67. The minimum absolute atomic E-state index is 0.0823. The third-order valence-electron chi connectivity index (χ3n) is 4.09. The van der Waals surface area contributed by atoms with E-state index in [1.807, 2.05) is 0 Å². The van der Waals surface area contributed by atoms with Crippen LogP contribution in [0.5, 0.6) is 17.2 Å². The van der Waals surface area contributed by atoms with Crippen LogP contribution >= 0.6 is 0 Å². The fraction of sp³-hybridized carbons (Fsp3) is 0.286. The van der Waals surface area contributed by atoms with Gasteiger partial charge in [-0.1, -0.05) is 0 Å². The summed E-state index contributed by atoms with van der Waals surface area (Å²) in [6, 6.07) is 3.55. The van der Waals surface area contributed by atoms with E-state index in [0.29, 0.717) is 0 Å². The molecular formula is C21H21InO12. The van der Waals surface area contributed by atoms with Crippen LogP contribution in [-0.4, -0.2) is 44.1 Å². The second kappa shape index (κ2) is 12.5. The summed E-state index contributed by atoms with van der Waals surface area (Å²) in [6.07, 6.45) is 3.21. The summed E-state index contributed by atoms with van der Waals surface area (Å²) in [7, 11) is 4.35. The van der Waals surface area contributed by atoms with Gasteiger partial charge in [-0.3, -0.25) is 0 Å². The van der Waals surface area contributed by atoms with Gasteiger partial charge in [0.25, 0.3) is 0 Å². The average molecular weight is 580 g/mol. The molecule has 0 saturated heterocycles. The molecule has 0 N–H and O–H groups in total. The summed E-state index contributed by atoms with van der Waals surface area (Å²) in [6.45, 7) is 0.247. The molecule has 13 heteroatoms. The van der Waals surface area contributed by atoms with Gasteiger partial charge in [-0.2, -0.15) is 0 Å². The normalized spacial score (nSPS) is 10.7. The van der Waals surface area contributed by atoms with Gasteiger partial charge in [0.15, 0.2) is 0 Å². The zero-order valence-corrected chi connectivity index (χ0v) is 21.9. The van der Waals surface area contributed by atoms with E-state index in [2.05, 4.69) is 0 Å². The van der Waals surface area contributed by atoms with E-state index in [9.17, 15) is 14.4 Å². The van der Waals surface area contributed by atoms with Gasteiger partial charge in [-0.05, 0) is 0 Å². The van der Waals surface area contributed by atoms with Crippen LogP contribution in [0.25, 0.3) is 0 Å². The first-order valence-corrected chi connectivity index (χ1v) is 13.8. The zero-order chi connectivity index (χ0) is 24.5. The molecule has 3 aromatic rings. The Bertz CT molecular complexity index is 1110. The van der Waals surface area contributed by atoms with Gasteiger partial charge < -0.3 is 0 Å². The third kappa shape index (κ3) is 7.00. The summed E-state index contributed by atoms with van der Waals surface area (Å²) < 4.78 is 47.6. The third-order valence-corrected chi connectivity index (χ3v) is 7.91. The maximum absolute atomic E-state index is 12.4. The molecule has 180 valence electrons. The van der Waals surface area contributed by atoms with Crippen LogP contribution < -0.4 is 24.8 Å². The standard InChI is InChI=1S/3C7H8O4.In/c3*1-10-3-5-2-6(8)7(9)4-11-5;/h3*2,4,9H,3H2,1H3;/q;;;+3/p-3. The van der Waals surface area contributed by atoms with E-state index in [0.717, 1.165) is 18.8 Å². The van der Waals surface area contributed by atoms with Crippen molar-refractivity contribution in [2.24, 2.45) is 0 Å². The molecule has 0 unspecified atom stereocenters. The van der Waals surface area contributed by atoms with E-state index >= 15 is 0 Å². The minimum atomic E-state index is -4.33. The number of hydrogen-bond acceptors (Lipinski definition) is 12. The monoisotopic (exact) mass is 580 g/mol. The van der Waals surface area contributed by atoms with Crippen molar-refractivity contribution in [1.29, 1.82) is 0 Å². The molecule has 0 atom stereocenters. The van der Waals surface area contributed by atoms with Crippen molar-refractivity contribution in [3.8, 4) is 17.2 Å². The van der Waals surface area contributed by atoms with Gasteiger partial charge in [0, 0.05) is 0 Å². The number of hydrogen-bond donors (Lipinski definition) is 0. The summed E-state index contributed by atoms with van der Waals surface area (Å²) in [4.78, 5) is 37.2. The Hall–Kier alpha value is -3.00. The first-order chi connectivity index (χ1) is 16.4. The molecule has 0 radical (unpaired) electrons. The van der Waals surface area contributed by atoms with Crippen molar-refractivity contribution in [2.45, 2.75) is 19.8 Å². The molecule has 0 aliphatic heterocycles. The molecule has 0 saturated carbocycles. The molecule has 0 bridgehead atoms. The number of ether oxygens (including phenoxy) is 3. The Balaban J connectivity index is 1.89. The van der Waals surface area contributed by atoms with Gasteiger partial charge >= 0.3 is 202 Å². The predicted octanol–water partition coefficient (Wildman–Crippen LogP) is 1.51. The molecule has 0 fully saturated rings. The van der Waals surface area contributed by atoms with Crippen molar-refractivity contribution in [1.82, 2.24) is 0 Å². The molecule has 0 spiro atoms. The Morgan fingerprint density at radius 3 is 1.12 bits per heavy atom. The van der Waals surface area contributed by atoms with Crippen LogP contribution in [0.4, 0.5) is 0 Å². The Morgan fingerprint density at radius 1 is 0.588 bits per heavy atom. The van der Waals surface area contributed by atoms with E-state index in [-0.39, 0.29) is 54.3 Å². The fourth-order valence-corrected chi connectivity index (χ4v) is 6.27. The van der Waals surface area contributed by atoms with Crippen molar-refractivity contribution < 1.29 is 36.0 Å². The van der Waals surface area contributed by atoms with Gasteiger partial charge in [-0.25, -0.2) is 0 Å². The molecule has 34 heavy (non-hydrogen) atoms. The first kappa shape index (κ1) is 25.6. The van der Waals surface area contributed by atoms with Crippen LogP contribution in [0, 0.1) is 0 Å². The quantitative estimate of drug-likeness (QED) is 0.306. The summed E-state index contributed by atoms with van der Waals surface area (Å²) in [5.41, 5.74) is -1.59. The molecular weight excluding hydrogens is 559 g/mol. The Kier molecular flexibility index (Phi) is 9.39. The van der Waals surface area contributed by atoms with Crippen LogP contribution in [-0.2, 0) is 34.0 Å². The Labute approximate surface area is 201 Å². The average Bonchev–Trinajstić information content (AvgIpc) is 2.80. The molecule has 3 aromatic heterocycles.